The topological polar surface area (TPSA) is 21.8 Å². The molecule has 1 unspecified atom stereocenters. The van der Waals surface area contributed by atoms with Gasteiger partial charge in [-0.15, -0.1) is 0 Å². The highest BCUT2D eigenvalue weighted by atomic mass is 16.6. The Morgan fingerprint density at radius 2 is 2.27 bits per heavy atom. The number of hydrogen-bond donors (Lipinski definition) is 0. The largest absolute Gasteiger partial charge is 0.374 e. The first-order chi connectivity index (χ1) is 7.23. The predicted molar refractivity (Wildman–Crippen MR) is 60.5 cm³/mol. The Hall–Kier alpha value is -1.12. The van der Waals surface area contributed by atoms with Crippen molar-refractivity contribution < 1.29 is 9.47 Å². The second kappa shape index (κ2) is 4.17. The molecule has 2 nitrogen and oxygen atoms in total. The number of ether oxygens (including phenoxy) is 2. The molecule has 0 saturated carbocycles. The van der Waals surface area contributed by atoms with E-state index in [0.717, 1.165) is 12.2 Å². The van der Waals surface area contributed by atoms with Gasteiger partial charge in [-0.05, 0) is 18.1 Å². The van der Waals surface area contributed by atoms with E-state index in [4.69, 9.17) is 9.47 Å². The lowest BCUT2D eigenvalue weighted by Crippen LogP contribution is -2.14. The molecule has 1 saturated heterocycles. The summed E-state index contributed by atoms with van der Waals surface area (Å²) in [4.78, 5) is 0. The van der Waals surface area contributed by atoms with Crippen molar-refractivity contribution in [2.75, 3.05) is 13.2 Å². The Kier molecular flexibility index (Phi) is 2.89. The molecule has 0 radical (unpaired) electrons. The van der Waals surface area contributed by atoms with Crippen LogP contribution in [0.5, 0.6) is 0 Å². The monoisotopic (exact) mass is 204 g/mol. The summed E-state index contributed by atoms with van der Waals surface area (Å²) in [6.07, 6.45) is 1.86. The van der Waals surface area contributed by atoms with E-state index in [2.05, 4.69) is 19.6 Å². The Morgan fingerprint density at radius 1 is 1.53 bits per heavy atom. The second-order valence-corrected chi connectivity index (χ2v) is 4.13. The van der Waals surface area contributed by atoms with E-state index >= 15 is 0 Å². The molecular formula is C13H16O2. The lowest BCUT2D eigenvalue weighted by molar-refractivity contribution is 0.0741. The highest BCUT2D eigenvalue weighted by Gasteiger charge is 2.39. The van der Waals surface area contributed by atoms with Gasteiger partial charge in [-0.3, -0.25) is 0 Å². The molecule has 15 heavy (non-hydrogen) atoms. The molecular weight excluding hydrogens is 188 g/mol. The quantitative estimate of drug-likeness (QED) is 0.688. The summed E-state index contributed by atoms with van der Waals surface area (Å²) >= 11 is 0. The van der Waals surface area contributed by atoms with Gasteiger partial charge in [0.25, 0.3) is 0 Å². The van der Waals surface area contributed by atoms with Gasteiger partial charge >= 0.3 is 0 Å². The van der Waals surface area contributed by atoms with Gasteiger partial charge in [-0.1, -0.05) is 36.9 Å². The van der Waals surface area contributed by atoms with Gasteiger partial charge in [0.15, 0.2) is 0 Å². The summed E-state index contributed by atoms with van der Waals surface area (Å²) in [5, 5.41) is 0. The standard InChI is InChI=1S/C13H16O2/c1-3-11-6-4-5-7-12(11)8-14-9-13(2)10-15-13/h3-7H,1,8-10H2,2H3. The summed E-state index contributed by atoms with van der Waals surface area (Å²) in [7, 11) is 0. The van der Waals surface area contributed by atoms with Crippen LogP contribution in [0.3, 0.4) is 0 Å². The van der Waals surface area contributed by atoms with E-state index in [-0.39, 0.29) is 5.60 Å². The van der Waals surface area contributed by atoms with Crippen molar-refractivity contribution >= 4 is 6.08 Å². The minimum absolute atomic E-state index is 0.0247. The zero-order chi connectivity index (χ0) is 10.7. The van der Waals surface area contributed by atoms with Crippen LogP contribution >= 0.6 is 0 Å². The van der Waals surface area contributed by atoms with Crippen molar-refractivity contribution in [3.05, 3.63) is 42.0 Å². The molecule has 1 aromatic carbocycles. The smallest absolute Gasteiger partial charge is 0.112 e. The fourth-order valence-corrected chi connectivity index (χ4v) is 1.45. The summed E-state index contributed by atoms with van der Waals surface area (Å²) in [6.45, 7) is 7.95. The average molecular weight is 204 g/mol. The minimum Gasteiger partial charge on any atom is -0.374 e. The van der Waals surface area contributed by atoms with Gasteiger partial charge in [0.1, 0.15) is 5.60 Å². The zero-order valence-electron chi connectivity index (χ0n) is 9.03. The van der Waals surface area contributed by atoms with Crippen LogP contribution in [0.25, 0.3) is 6.08 Å². The predicted octanol–water partition coefficient (Wildman–Crippen LogP) is 2.64. The molecule has 2 heteroatoms. The molecule has 0 aliphatic carbocycles. The molecule has 80 valence electrons. The first kappa shape index (κ1) is 10.4. The first-order valence-corrected chi connectivity index (χ1v) is 5.16. The van der Waals surface area contributed by atoms with Crippen LogP contribution in [-0.2, 0) is 16.1 Å². The van der Waals surface area contributed by atoms with Crippen molar-refractivity contribution in [1.82, 2.24) is 0 Å². The highest BCUT2D eigenvalue weighted by molar-refractivity contribution is 5.51. The molecule has 1 aromatic rings. The highest BCUT2D eigenvalue weighted by Crippen LogP contribution is 2.26. The molecule has 2 rings (SSSR count). The van der Waals surface area contributed by atoms with Crippen molar-refractivity contribution in [1.29, 1.82) is 0 Å². The lowest BCUT2D eigenvalue weighted by atomic mass is 10.1. The summed E-state index contributed by atoms with van der Waals surface area (Å²) < 4.78 is 10.9. The Morgan fingerprint density at radius 3 is 2.93 bits per heavy atom. The Labute approximate surface area is 90.5 Å². The molecule has 1 fully saturated rings. The maximum Gasteiger partial charge on any atom is 0.112 e. The van der Waals surface area contributed by atoms with Gasteiger partial charge in [-0.25, -0.2) is 0 Å². The summed E-state index contributed by atoms with van der Waals surface area (Å²) in [6, 6.07) is 8.13. The molecule has 0 aromatic heterocycles. The SMILES string of the molecule is C=Cc1ccccc1COCC1(C)CO1. The van der Waals surface area contributed by atoms with E-state index in [0.29, 0.717) is 13.2 Å². The molecule has 0 spiro atoms. The van der Waals surface area contributed by atoms with Crippen molar-refractivity contribution in [2.24, 2.45) is 0 Å². The van der Waals surface area contributed by atoms with Crippen LogP contribution in [-0.4, -0.2) is 18.8 Å². The van der Waals surface area contributed by atoms with Crippen molar-refractivity contribution in [3.8, 4) is 0 Å². The normalized spacial score (nSPS) is 23.8. The minimum atomic E-state index is -0.0247. The van der Waals surface area contributed by atoms with Gasteiger partial charge in [0, 0.05) is 0 Å². The van der Waals surface area contributed by atoms with E-state index in [1.165, 1.54) is 5.56 Å². The van der Waals surface area contributed by atoms with E-state index in [1.807, 2.05) is 24.3 Å². The third-order valence-corrected chi connectivity index (χ3v) is 2.58. The van der Waals surface area contributed by atoms with Crippen LogP contribution < -0.4 is 0 Å². The molecule has 0 amide bonds. The van der Waals surface area contributed by atoms with Crippen LogP contribution in [0, 0.1) is 0 Å². The Bertz CT molecular complexity index is 353. The van der Waals surface area contributed by atoms with E-state index in [9.17, 15) is 0 Å². The molecule has 1 heterocycles. The zero-order valence-corrected chi connectivity index (χ0v) is 9.03. The fraction of sp³-hybridized carbons (Fsp3) is 0.385. The Balaban J connectivity index is 1.89. The molecule has 0 N–H and O–H groups in total. The second-order valence-electron chi connectivity index (χ2n) is 4.13. The van der Waals surface area contributed by atoms with Crippen LogP contribution in [0.15, 0.2) is 30.8 Å². The molecule has 0 bridgehead atoms. The van der Waals surface area contributed by atoms with E-state index < -0.39 is 0 Å². The van der Waals surface area contributed by atoms with Crippen LogP contribution in [0.4, 0.5) is 0 Å². The number of epoxide rings is 1. The van der Waals surface area contributed by atoms with Crippen LogP contribution in [0.1, 0.15) is 18.1 Å². The van der Waals surface area contributed by atoms with Crippen molar-refractivity contribution in [3.63, 3.8) is 0 Å². The number of benzene rings is 1. The molecule has 1 atom stereocenters. The first-order valence-electron chi connectivity index (χ1n) is 5.16. The third kappa shape index (κ3) is 2.67. The molecule has 1 aliphatic rings. The number of rotatable bonds is 5. The lowest BCUT2D eigenvalue weighted by Gasteiger charge is -2.09. The maximum atomic E-state index is 5.62. The van der Waals surface area contributed by atoms with Crippen molar-refractivity contribution in [2.45, 2.75) is 19.1 Å². The summed E-state index contributed by atoms with van der Waals surface area (Å²) in [5.41, 5.74) is 2.29. The number of hydrogen-bond acceptors (Lipinski definition) is 2. The van der Waals surface area contributed by atoms with Gasteiger partial charge in [0.2, 0.25) is 0 Å². The van der Waals surface area contributed by atoms with Crippen LogP contribution in [0.2, 0.25) is 0 Å². The van der Waals surface area contributed by atoms with Gasteiger partial charge in [0.05, 0.1) is 19.8 Å². The van der Waals surface area contributed by atoms with Gasteiger partial charge in [-0.2, -0.15) is 0 Å². The summed E-state index contributed by atoms with van der Waals surface area (Å²) in [5.74, 6) is 0. The molecule has 1 aliphatic heterocycles. The van der Waals surface area contributed by atoms with E-state index in [1.54, 1.807) is 0 Å². The van der Waals surface area contributed by atoms with Gasteiger partial charge < -0.3 is 9.47 Å². The third-order valence-electron chi connectivity index (χ3n) is 2.58. The average Bonchev–Trinajstić information content (AvgIpc) is 2.97. The fourth-order valence-electron chi connectivity index (χ4n) is 1.45. The maximum absolute atomic E-state index is 5.62.